The highest BCUT2D eigenvalue weighted by Gasteiger charge is 2.09. The van der Waals surface area contributed by atoms with Crippen LogP contribution in [-0.2, 0) is 13.2 Å². The number of hydrogen-bond acceptors (Lipinski definition) is 6. The summed E-state index contributed by atoms with van der Waals surface area (Å²) in [5, 5.41) is 7.72. The first-order valence-corrected chi connectivity index (χ1v) is 10.1. The third kappa shape index (κ3) is 5.26. The summed E-state index contributed by atoms with van der Waals surface area (Å²) in [6, 6.07) is 18.4. The van der Waals surface area contributed by atoms with E-state index in [9.17, 15) is 0 Å². The number of nitrogens with zero attached hydrogens (tertiary/aromatic N) is 4. The second kappa shape index (κ2) is 9.86. The van der Waals surface area contributed by atoms with Crippen molar-refractivity contribution in [3.05, 3.63) is 96.3 Å². The Kier molecular flexibility index (Phi) is 6.54. The van der Waals surface area contributed by atoms with Crippen molar-refractivity contribution >= 4 is 0 Å². The van der Waals surface area contributed by atoms with Gasteiger partial charge in [-0.3, -0.25) is 4.98 Å². The molecule has 2 aromatic heterocycles. The summed E-state index contributed by atoms with van der Waals surface area (Å²) in [4.78, 5) is 8.11. The molecule has 0 amide bonds. The third-order valence-electron chi connectivity index (χ3n) is 5.03. The molecule has 2 aromatic carbocycles. The van der Waals surface area contributed by atoms with Gasteiger partial charge in [0.1, 0.15) is 19.3 Å². The minimum atomic E-state index is 0.187. The highest BCUT2D eigenvalue weighted by atomic mass is 16.5. The number of pyridine rings is 1. The van der Waals surface area contributed by atoms with Gasteiger partial charge < -0.3 is 14.8 Å². The number of hydrogen-bond donors (Lipinski definition) is 1. The first-order valence-electron chi connectivity index (χ1n) is 10.1. The molecule has 1 N–H and O–H groups in total. The van der Waals surface area contributed by atoms with E-state index in [1.807, 2.05) is 42.5 Å². The largest absolute Gasteiger partial charge is 0.493 e. The lowest BCUT2D eigenvalue weighted by Crippen LogP contribution is -2.18. The molecule has 2 heterocycles. The van der Waals surface area contributed by atoms with Crippen LogP contribution in [0.15, 0.2) is 79.6 Å². The van der Waals surface area contributed by atoms with Crippen molar-refractivity contribution in [2.75, 3.05) is 7.11 Å². The first kappa shape index (κ1) is 20.6. The number of benzene rings is 2. The summed E-state index contributed by atoms with van der Waals surface area (Å²) >= 11 is 0. The second-order valence-electron chi connectivity index (χ2n) is 7.17. The molecule has 0 fully saturated rings. The summed E-state index contributed by atoms with van der Waals surface area (Å²) in [7, 11) is 1.65. The maximum Gasteiger partial charge on any atom is 0.161 e. The molecule has 158 valence electrons. The molecule has 0 saturated heterocycles. The highest BCUT2D eigenvalue weighted by molar-refractivity contribution is 5.43. The molecule has 4 aromatic rings. The fourth-order valence-corrected chi connectivity index (χ4v) is 3.23. The molecule has 1 unspecified atom stereocenters. The maximum atomic E-state index is 5.99. The minimum absolute atomic E-state index is 0.187. The molecular formula is C24H25N5O2. The fourth-order valence-electron chi connectivity index (χ4n) is 3.23. The molecule has 4 rings (SSSR count). The Bertz CT molecular complexity index is 1080. The molecule has 0 spiro atoms. The average Bonchev–Trinajstić information content (AvgIpc) is 3.37. The Morgan fingerprint density at radius 2 is 1.87 bits per heavy atom. The van der Waals surface area contributed by atoms with Gasteiger partial charge in [-0.15, -0.1) is 0 Å². The molecule has 0 aliphatic rings. The van der Waals surface area contributed by atoms with Crippen molar-refractivity contribution in [3.63, 3.8) is 0 Å². The third-order valence-corrected chi connectivity index (χ3v) is 5.03. The molecule has 7 nitrogen and oxygen atoms in total. The van der Waals surface area contributed by atoms with Crippen molar-refractivity contribution in [1.29, 1.82) is 0 Å². The van der Waals surface area contributed by atoms with Crippen LogP contribution in [0, 0.1) is 0 Å². The van der Waals surface area contributed by atoms with Gasteiger partial charge in [-0.05, 0) is 48.4 Å². The van der Waals surface area contributed by atoms with Gasteiger partial charge in [0, 0.05) is 30.5 Å². The van der Waals surface area contributed by atoms with E-state index in [1.54, 1.807) is 30.5 Å². The number of ether oxygens (including phenoxy) is 2. The van der Waals surface area contributed by atoms with Crippen LogP contribution < -0.4 is 14.8 Å². The van der Waals surface area contributed by atoms with E-state index in [-0.39, 0.29) is 6.04 Å². The van der Waals surface area contributed by atoms with Crippen molar-refractivity contribution < 1.29 is 9.47 Å². The van der Waals surface area contributed by atoms with Gasteiger partial charge >= 0.3 is 0 Å². The normalized spacial score (nSPS) is 11.8. The summed E-state index contributed by atoms with van der Waals surface area (Å²) in [6.45, 7) is 3.29. The van der Waals surface area contributed by atoms with Crippen molar-refractivity contribution in [3.8, 4) is 17.2 Å². The van der Waals surface area contributed by atoms with Crippen LogP contribution in [0.1, 0.15) is 29.7 Å². The SMILES string of the molecule is COc1ccc(CNC(C)c2ccc(-n3cncn3)cc2)cc1OCc1cccnc1. The van der Waals surface area contributed by atoms with Crippen LogP contribution in [0.4, 0.5) is 0 Å². The van der Waals surface area contributed by atoms with E-state index < -0.39 is 0 Å². The van der Waals surface area contributed by atoms with Crippen LogP contribution in [0.2, 0.25) is 0 Å². The lowest BCUT2D eigenvalue weighted by atomic mass is 10.1. The summed E-state index contributed by atoms with van der Waals surface area (Å²) in [5.41, 5.74) is 4.31. The zero-order chi connectivity index (χ0) is 21.5. The molecule has 0 bridgehead atoms. The fraction of sp³-hybridized carbons (Fsp3) is 0.208. The van der Waals surface area contributed by atoms with E-state index >= 15 is 0 Å². The van der Waals surface area contributed by atoms with Crippen LogP contribution in [0.25, 0.3) is 5.69 Å². The second-order valence-corrected chi connectivity index (χ2v) is 7.17. The van der Waals surface area contributed by atoms with Gasteiger partial charge in [-0.2, -0.15) is 5.10 Å². The Morgan fingerprint density at radius 1 is 1.00 bits per heavy atom. The smallest absolute Gasteiger partial charge is 0.161 e. The zero-order valence-electron chi connectivity index (χ0n) is 17.6. The Hall–Kier alpha value is -3.71. The summed E-state index contributed by atoms with van der Waals surface area (Å²) < 4.78 is 13.2. The van der Waals surface area contributed by atoms with Crippen LogP contribution in [0.5, 0.6) is 11.5 Å². The van der Waals surface area contributed by atoms with Gasteiger partial charge in [-0.25, -0.2) is 9.67 Å². The molecule has 31 heavy (non-hydrogen) atoms. The molecular weight excluding hydrogens is 390 g/mol. The lowest BCUT2D eigenvalue weighted by Gasteiger charge is -2.16. The molecule has 0 aliphatic carbocycles. The predicted molar refractivity (Wildman–Crippen MR) is 118 cm³/mol. The Labute approximate surface area is 181 Å². The maximum absolute atomic E-state index is 5.99. The van der Waals surface area contributed by atoms with Crippen molar-refractivity contribution in [2.45, 2.75) is 26.1 Å². The van der Waals surface area contributed by atoms with E-state index in [0.717, 1.165) is 22.6 Å². The Balaban J connectivity index is 1.38. The summed E-state index contributed by atoms with van der Waals surface area (Å²) in [6.07, 6.45) is 6.77. The van der Waals surface area contributed by atoms with E-state index in [4.69, 9.17) is 9.47 Å². The molecule has 0 radical (unpaired) electrons. The van der Waals surface area contributed by atoms with E-state index in [0.29, 0.717) is 18.9 Å². The Morgan fingerprint density at radius 3 is 2.58 bits per heavy atom. The van der Waals surface area contributed by atoms with E-state index in [1.165, 1.54) is 11.9 Å². The average molecular weight is 415 g/mol. The monoisotopic (exact) mass is 415 g/mol. The van der Waals surface area contributed by atoms with Crippen molar-refractivity contribution in [2.24, 2.45) is 0 Å². The van der Waals surface area contributed by atoms with Crippen LogP contribution >= 0.6 is 0 Å². The van der Waals surface area contributed by atoms with Crippen LogP contribution in [0.3, 0.4) is 0 Å². The number of rotatable bonds is 9. The summed E-state index contributed by atoms with van der Waals surface area (Å²) in [5.74, 6) is 1.43. The lowest BCUT2D eigenvalue weighted by molar-refractivity contribution is 0.283. The van der Waals surface area contributed by atoms with Gasteiger partial charge in [0.05, 0.1) is 12.8 Å². The standard InChI is InChI=1S/C24H25N5O2/c1-18(21-6-8-22(9-7-21)29-17-26-16-28-29)27-14-19-5-10-23(30-2)24(12-19)31-15-20-4-3-11-25-13-20/h3-13,16-18,27H,14-15H2,1-2H3. The molecule has 0 aliphatic heterocycles. The van der Waals surface area contributed by atoms with E-state index in [2.05, 4.69) is 39.4 Å². The first-order chi connectivity index (χ1) is 15.2. The zero-order valence-corrected chi connectivity index (χ0v) is 17.6. The predicted octanol–water partition coefficient (Wildman–Crippen LogP) is 4.10. The van der Waals surface area contributed by atoms with Gasteiger partial charge in [0.15, 0.2) is 11.5 Å². The number of nitrogens with one attached hydrogen (secondary N) is 1. The van der Waals surface area contributed by atoms with Crippen molar-refractivity contribution in [1.82, 2.24) is 25.1 Å². The van der Waals surface area contributed by atoms with Gasteiger partial charge in [-0.1, -0.05) is 24.3 Å². The quantitative estimate of drug-likeness (QED) is 0.444. The topological polar surface area (TPSA) is 74.1 Å². The van der Waals surface area contributed by atoms with Gasteiger partial charge in [0.25, 0.3) is 0 Å². The number of aromatic nitrogens is 4. The highest BCUT2D eigenvalue weighted by Crippen LogP contribution is 2.29. The number of methoxy groups -OCH3 is 1. The molecule has 7 heteroatoms. The van der Waals surface area contributed by atoms with Crippen LogP contribution in [-0.4, -0.2) is 26.9 Å². The molecule has 1 atom stereocenters. The molecule has 0 saturated carbocycles. The minimum Gasteiger partial charge on any atom is -0.493 e. The van der Waals surface area contributed by atoms with Gasteiger partial charge in [0.2, 0.25) is 0 Å².